The maximum absolute atomic E-state index is 9.75. The number of para-hydroxylation sites is 1. The molecule has 76 valence electrons. The third kappa shape index (κ3) is 5.26. The number of hydrogen-bond acceptors (Lipinski definition) is 2. The van der Waals surface area contributed by atoms with Gasteiger partial charge in [-0.05, 0) is 12.1 Å². The highest BCUT2D eigenvalue weighted by Gasteiger charge is 1.84. The van der Waals surface area contributed by atoms with Crippen molar-refractivity contribution in [1.82, 2.24) is 0 Å². The van der Waals surface area contributed by atoms with Gasteiger partial charge in [-0.2, -0.15) is 0 Å². The molecule has 0 spiro atoms. The topological polar surface area (TPSA) is 26.3 Å². The first-order chi connectivity index (χ1) is 7.43. The molecule has 2 heteroatoms. The van der Waals surface area contributed by atoms with E-state index in [0.29, 0.717) is 12.2 Å². The van der Waals surface area contributed by atoms with Gasteiger partial charge in [-0.1, -0.05) is 54.6 Å². The van der Waals surface area contributed by atoms with Gasteiger partial charge in [-0.15, -0.1) is 0 Å². The molecular formula is C13H12O2. The van der Waals surface area contributed by atoms with Crippen LogP contribution < -0.4 is 4.74 Å². The van der Waals surface area contributed by atoms with E-state index in [0.717, 1.165) is 0 Å². The Morgan fingerprint density at radius 1 is 0.733 bits per heavy atom. The van der Waals surface area contributed by atoms with E-state index in [1.54, 1.807) is 24.3 Å². The van der Waals surface area contributed by atoms with E-state index >= 15 is 0 Å². The van der Waals surface area contributed by atoms with Gasteiger partial charge in [0.05, 0.1) is 0 Å². The van der Waals surface area contributed by atoms with E-state index in [4.69, 9.17) is 0 Å². The quantitative estimate of drug-likeness (QED) is 0.697. The Kier molecular flexibility index (Phi) is 5.37. The molecule has 15 heavy (non-hydrogen) atoms. The maximum Gasteiger partial charge on any atom is 0.298 e. The molecule has 2 rings (SSSR count). The first-order valence-electron chi connectivity index (χ1n) is 4.59. The molecule has 2 nitrogen and oxygen atoms in total. The van der Waals surface area contributed by atoms with Gasteiger partial charge >= 0.3 is 0 Å². The van der Waals surface area contributed by atoms with Crippen molar-refractivity contribution in [3.05, 3.63) is 66.7 Å². The van der Waals surface area contributed by atoms with Crippen molar-refractivity contribution in [3.63, 3.8) is 0 Å². The summed E-state index contributed by atoms with van der Waals surface area (Å²) in [7, 11) is 0. The number of hydrogen-bond donors (Lipinski definition) is 0. The van der Waals surface area contributed by atoms with Crippen molar-refractivity contribution in [2.45, 2.75) is 0 Å². The van der Waals surface area contributed by atoms with Gasteiger partial charge in [0, 0.05) is 0 Å². The SMILES string of the molecule is O=COc1ccccc1.c1ccccc1. The minimum Gasteiger partial charge on any atom is -0.429 e. The van der Waals surface area contributed by atoms with Crippen LogP contribution in [-0.4, -0.2) is 6.47 Å². The highest BCUT2D eigenvalue weighted by molar-refractivity contribution is 5.44. The summed E-state index contributed by atoms with van der Waals surface area (Å²) in [6, 6.07) is 20.9. The lowest BCUT2D eigenvalue weighted by Gasteiger charge is -1.92. The summed E-state index contributed by atoms with van der Waals surface area (Å²) >= 11 is 0. The van der Waals surface area contributed by atoms with Crippen molar-refractivity contribution in [2.75, 3.05) is 0 Å². The fourth-order valence-corrected chi connectivity index (χ4v) is 0.940. The van der Waals surface area contributed by atoms with Crippen LogP contribution in [0.4, 0.5) is 0 Å². The van der Waals surface area contributed by atoms with Gasteiger partial charge in [0.25, 0.3) is 6.47 Å². The van der Waals surface area contributed by atoms with Crippen LogP contribution >= 0.6 is 0 Å². The standard InChI is InChI=1S/C7H6O2.C6H6/c8-6-9-7-4-2-1-3-5-7;1-2-4-6-5-3-1/h1-6H;1-6H. The van der Waals surface area contributed by atoms with Crippen LogP contribution in [0.25, 0.3) is 0 Å². The number of ether oxygens (including phenoxy) is 1. The Labute approximate surface area is 89.1 Å². The molecule has 0 N–H and O–H groups in total. The van der Waals surface area contributed by atoms with Crippen molar-refractivity contribution in [2.24, 2.45) is 0 Å². The van der Waals surface area contributed by atoms with Crippen LogP contribution in [0.2, 0.25) is 0 Å². The van der Waals surface area contributed by atoms with Crippen LogP contribution in [0, 0.1) is 0 Å². The van der Waals surface area contributed by atoms with E-state index in [2.05, 4.69) is 4.74 Å². The zero-order chi connectivity index (χ0) is 10.8. The molecule has 0 unspecified atom stereocenters. The molecule has 2 aromatic carbocycles. The average Bonchev–Trinajstić information content (AvgIpc) is 2.34. The minimum absolute atomic E-state index is 0.412. The first kappa shape index (κ1) is 11.0. The zero-order valence-corrected chi connectivity index (χ0v) is 8.24. The molecule has 2 aromatic rings. The zero-order valence-electron chi connectivity index (χ0n) is 8.24. The molecule has 0 saturated heterocycles. The summed E-state index contributed by atoms with van der Waals surface area (Å²) in [6.45, 7) is 0.412. The molecule has 0 aliphatic heterocycles. The van der Waals surface area contributed by atoms with E-state index < -0.39 is 0 Å². The molecular weight excluding hydrogens is 188 g/mol. The molecule has 0 fully saturated rings. The molecule has 0 radical (unpaired) electrons. The highest BCUT2D eigenvalue weighted by Crippen LogP contribution is 2.05. The van der Waals surface area contributed by atoms with Crippen molar-refractivity contribution in [3.8, 4) is 5.75 Å². The fourth-order valence-electron chi connectivity index (χ4n) is 0.940. The van der Waals surface area contributed by atoms with Gasteiger partial charge in [0.15, 0.2) is 0 Å². The molecule has 0 amide bonds. The normalized spacial score (nSPS) is 8.27. The third-order valence-corrected chi connectivity index (χ3v) is 1.59. The second-order valence-corrected chi connectivity index (χ2v) is 2.68. The molecule has 0 aliphatic rings. The molecule has 0 heterocycles. The predicted octanol–water partition coefficient (Wildman–Crippen LogP) is 2.91. The molecule has 0 saturated carbocycles. The van der Waals surface area contributed by atoms with Crippen molar-refractivity contribution < 1.29 is 9.53 Å². The van der Waals surface area contributed by atoms with E-state index in [-0.39, 0.29) is 0 Å². The number of benzene rings is 2. The second kappa shape index (κ2) is 7.33. The summed E-state index contributed by atoms with van der Waals surface area (Å²) < 4.78 is 4.53. The fraction of sp³-hybridized carbons (Fsp3) is 0. The lowest BCUT2D eigenvalue weighted by molar-refractivity contribution is -0.120. The lowest BCUT2D eigenvalue weighted by Crippen LogP contribution is -1.85. The Morgan fingerprint density at radius 2 is 1.13 bits per heavy atom. The first-order valence-corrected chi connectivity index (χ1v) is 4.59. The predicted molar refractivity (Wildman–Crippen MR) is 59.6 cm³/mol. The van der Waals surface area contributed by atoms with Crippen LogP contribution in [0.1, 0.15) is 0 Å². The van der Waals surface area contributed by atoms with Gasteiger partial charge in [-0.25, -0.2) is 0 Å². The van der Waals surface area contributed by atoms with Crippen LogP contribution in [0.5, 0.6) is 5.75 Å². The second-order valence-electron chi connectivity index (χ2n) is 2.68. The van der Waals surface area contributed by atoms with E-state index in [9.17, 15) is 4.79 Å². The van der Waals surface area contributed by atoms with E-state index in [1.165, 1.54) is 0 Å². The van der Waals surface area contributed by atoms with Gasteiger partial charge in [0.1, 0.15) is 5.75 Å². The Bertz CT molecular complexity index is 330. The van der Waals surface area contributed by atoms with Gasteiger partial charge in [0.2, 0.25) is 0 Å². The molecule has 0 bridgehead atoms. The summed E-state index contributed by atoms with van der Waals surface area (Å²) in [4.78, 5) is 9.75. The highest BCUT2D eigenvalue weighted by atomic mass is 16.5. The Hall–Kier alpha value is -2.09. The summed E-state index contributed by atoms with van der Waals surface area (Å²) in [5.41, 5.74) is 0. The molecule has 0 aromatic heterocycles. The smallest absolute Gasteiger partial charge is 0.298 e. The van der Waals surface area contributed by atoms with Crippen LogP contribution in [0.3, 0.4) is 0 Å². The lowest BCUT2D eigenvalue weighted by atomic mass is 10.3. The number of carbonyl (C=O) groups excluding carboxylic acids is 1. The van der Waals surface area contributed by atoms with E-state index in [1.807, 2.05) is 42.5 Å². The Morgan fingerprint density at radius 3 is 1.53 bits per heavy atom. The van der Waals surface area contributed by atoms with Crippen LogP contribution in [0.15, 0.2) is 66.7 Å². The Balaban J connectivity index is 0.000000162. The van der Waals surface area contributed by atoms with Crippen molar-refractivity contribution >= 4 is 6.47 Å². The molecule has 0 aliphatic carbocycles. The average molecular weight is 200 g/mol. The number of rotatable bonds is 2. The summed E-state index contributed by atoms with van der Waals surface area (Å²) in [5.74, 6) is 0.576. The van der Waals surface area contributed by atoms with Crippen molar-refractivity contribution in [1.29, 1.82) is 0 Å². The largest absolute Gasteiger partial charge is 0.429 e. The summed E-state index contributed by atoms with van der Waals surface area (Å²) in [5, 5.41) is 0. The van der Waals surface area contributed by atoms with Crippen LogP contribution in [-0.2, 0) is 4.79 Å². The maximum atomic E-state index is 9.75. The minimum atomic E-state index is 0.412. The number of carbonyl (C=O) groups is 1. The monoisotopic (exact) mass is 200 g/mol. The molecule has 0 atom stereocenters. The third-order valence-electron chi connectivity index (χ3n) is 1.59. The van der Waals surface area contributed by atoms with Gasteiger partial charge in [-0.3, -0.25) is 4.79 Å². The summed E-state index contributed by atoms with van der Waals surface area (Å²) in [6.07, 6.45) is 0. The van der Waals surface area contributed by atoms with Gasteiger partial charge < -0.3 is 4.74 Å².